The van der Waals surface area contributed by atoms with Gasteiger partial charge in [0.25, 0.3) is 0 Å². The molecule has 2 N–H and O–H groups in total. The van der Waals surface area contributed by atoms with Gasteiger partial charge < -0.3 is 5.73 Å². The molecule has 0 radical (unpaired) electrons. The fraction of sp³-hybridized carbons (Fsp3) is 0.818. The molecule has 1 heteroatoms. The van der Waals surface area contributed by atoms with E-state index >= 15 is 0 Å². The van der Waals surface area contributed by atoms with Crippen LogP contribution in [-0.4, -0.2) is 5.54 Å². The van der Waals surface area contributed by atoms with Crippen LogP contribution >= 0.6 is 0 Å². The fourth-order valence-electron chi connectivity index (χ4n) is 3.68. The molecular formula is C11H17N. The van der Waals surface area contributed by atoms with Gasteiger partial charge >= 0.3 is 0 Å². The van der Waals surface area contributed by atoms with Gasteiger partial charge in [-0.2, -0.15) is 0 Å². The molecule has 0 aliphatic heterocycles. The predicted molar refractivity (Wildman–Crippen MR) is 49.7 cm³/mol. The second-order valence-corrected chi connectivity index (χ2v) is 4.95. The van der Waals surface area contributed by atoms with Crippen LogP contribution in [-0.2, 0) is 0 Å². The molecule has 3 atom stereocenters. The first-order valence-electron chi connectivity index (χ1n) is 5.27. The summed E-state index contributed by atoms with van der Waals surface area (Å²) in [6, 6.07) is 0. The molecule has 12 heavy (non-hydrogen) atoms. The van der Waals surface area contributed by atoms with Crippen molar-refractivity contribution in [1.29, 1.82) is 0 Å². The fourth-order valence-corrected chi connectivity index (χ4v) is 3.68. The first kappa shape index (κ1) is 7.14. The second-order valence-electron chi connectivity index (χ2n) is 4.95. The van der Waals surface area contributed by atoms with Gasteiger partial charge in [0.05, 0.1) is 0 Å². The van der Waals surface area contributed by atoms with Crippen LogP contribution in [0.5, 0.6) is 0 Å². The Bertz CT molecular complexity index is 243. The third kappa shape index (κ3) is 0.779. The summed E-state index contributed by atoms with van der Waals surface area (Å²) < 4.78 is 0. The molecular weight excluding hydrogens is 146 g/mol. The highest BCUT2D eigenvalue weighted by Gasteiger charge is 2.46. The minimum atomic E-state index is 0.157. The molecule has 66 valence electrons. The molecule has 4 aliphatic carbocycles. The maximum absolute atomic E-state index is 6.42. The molecule has 0 amide bonds. The minimum absolute atomic E-state index is 0.157. The van der Waals surface area contributed by atoms with Gasteiger partial charge in [-0.25, -0.2) is 0 Å². The molecule has 1 nitrogen and oxygen atoms in total. The van der Waals surface area contributed by atoms with Crippen molar-refractivity contribution < 1.29 is 0 Å². The average molecular weight is 163 g/mol. The third-order valence-corrected chi connectivity index (χ3v) is 4.13. The van der Waals surface area contributed by atoms with Crippen molar-refractivity contribution in [1.82, 2.24) is 0 Å². The van der Waals surface area contributed by atoms with Gasteiger partial charge in [0.1, 0.15) is 0 Å². The van der Waals surface area contributed by atoms with Crippen molar-refractivity contribution in [2.24, 2.45) is 17.6 Å². The molecule has 4 aliphatic rings. The summed E-state index contributed by atoms with van der Waals surface area (Å²) in [6.07, 6.45) is 10.6. The Morgan fingerprint density at radius 2 is 2.42 bits per heavy atom. The lowest BCUT2D eigenvalue weighted by molar-refractivity contribution is 0.161. The molecule has 0 unspecified atom stereocenters. The van der Waals surface area contributed by atoms with Gasteiger partial charge in [0, 0.05) is 5.54 Å². The largest absolute Gasteiger partial charge is 0.322 e. The standard InChI is InChI=1S/C11H17N/c12-11-5-1-2-9-6-8(7-11)3-4-10(9)11/h4,8-9H,1-3,5-7,12H2/t8-,9-,11+/m1/s1. The summed E-state index contributed by atoms with van der Waals surface area (Å²) >= 11 is 0. The molecule has 4 bridgehead atoms. The zero-order chi connectivity index (χ0) is 8.18. The van der Waals surface area contributed by atoms with E-state index in [1.165, 1.54) is 38.5 Å². The van der Waals surface area contributed by atoms with Crippen LogP contribution < -0.4 is 5.73 Å². The SMILES string of the molecule is N[C@]12CCC[C@@H]3C[C@@H](CC=C31)C2. The quantitative estimate of drug-likeness (QED) is 0.544. The number of rotatable bonds is 0. The Morgan fingerprint density at radius 1 is 1.50 bits per heavy atom. The molecule has 0 spiro atoms. The maximum Gasteiger partial charge on any atom is 0.0374 e. The topological polar surface area (TPSA) is 26.0 Å². The van der Waals surface area contributed by atoms with Gasteiger partial charge in [0.15, 0.2) is 0 Å². The molecule has 0 heterocycles. The van der Waals surface area contributed by atoms with Crippen molar-refractivity contribution in [2.75, 3.05) is 0 Å². The number of fused-ring (bicyclic) bond motifs is 1. The van der Waals surface area contributed by atoms with E-state index in [0.717, 1.165) is 11.8 Å². The van der Waals surface area contributed by atoms with Gasteiger partial charge in [-0.3, -0.25) is 0 Å². The molecule has 2 fully saturated rings. The minimum Gasteiger partial charge on any atom is -0.322 e. The maximum atomic E-state index is 6.42. The van der Waals surface area contributed by atoms with Crippen LogP contribution in [0.2, 0.25) is 0 Å². The van der Waals surface area contributed by atoms with E-state index in [1.807, 2.05) is 0 Å². The van der Waals surface area contributed by atoms with Crippen LogP contribution in [0.25, 0.3) is 0 Å². The van der Waals surface area contributed by atoms with Gasteiger partial charge in [-0.15, -0.1) is 0 Å². The van der Waals surface area contributed by atoms with E-state index in [2.05, 4.69) is 6.08 Å². The smallest absolute Gasteiger partial charge is 0.0374 e. The summed E-state index contributed by atoms with van der Waals surface area (Å²) in [5, 5.41) is 0. The van der Waals surface area contributed by atoms with Crippen molar-refractivity contribution in [2.45, 2.75) is 44.1 Å². The van der Waals surface area contributed by atoms with Crippen LogP contribution in [0.1, 0.15) is 38.5 Å². The highest BCUT2D eigenvalue weighted by molar-refractivity contribution is 5.31. The number of nitrogens with two attached hydrogens (primary N) is 1. The number of allylic oxidation sites excluding steroid dienone is 1. The van der Waals surface area contributed by atoms with E-state index < -0.39 is 0 Å². The Labute approximate surface area is 74.0 Å². The van der Waals surface area contributed by atoms with Gasteiger partial charge in [-0.1, -0.05) is 18.1 Å². The monoisotopic (exact) mass is 163 g/mol. The van der Waals surface area contributed by atoms with E-state index in [9.17, 15) is 0 Å². The summed E-state index contributed by atoms with van der Waals surface area (Å²) in [7, 11) is 0. The molecule has 0 saturated heterocycles. The Hall–Kier alpha value is -0.300. The zero-order valence-corrected chi connectivity index (χ0v) is 7.55. The van der Waals surface area contributed by atoms with Crippen molar-refractivity contribution in [3.8, 4) is 0 Å². The van der Waals surface area contributed by atoms with E-state index in [1.54, 1.807) is 5.57 Å². The molecule has 4 rings (SSSR count). The molecule has 0 aromatic rings. The molecule has 0 aromatic heterocycles. The van der Waals surface area contributed by atoms with Crippen molar-refractivity contribution >= 4 is 0 Å². The third-order valence-electron chi connectivity index (χ3n) is 4.13. The van der Waals surface area contributed by atoms with Crippen LogP contribution in [0.4, 0.5) is 0 Å². The van der Waals surface area contributed by atoms with Crippen molar-refractivity contribution in [3.05, 3.63) is 11.6 Å². The summed E-state index contributed by atoms with van der Waals surface area (Å²) in [5.74, 6) is 1.81. The Morgan fingerprint density at radius 3 is 3.08 bits per heavy atom. The number of hydrogen-bond donors (Lipinski definition) is 1. The molecule has 2 saturated carbocycles. The lowest BCUT2D eigenvalue weighted by Crippen LogP contribution is -2.53. The van der Waals surface area contributed by atoms with E-state index in [0.29, 0.717) is 0 Å². The normalized spacial score (nSPS) is 50.6. The van der Waals surface area contributed by atoms with Crippen molar-refractivity contribution in [3.63, 3.8) is 0 Å². The van der Waals surface area contributed by atoms with E-state index in [4.69, 9.17) is 5.73 Å². The summed E-state index contributed by atoms with van der Waals surface area (Å²) in [5.41, 5.74) is 8.21. The summed E-state index contributed by atoms with van der Waals surface area (Å²) in [6.45, 7) is 0. The van der Waals surface area contributed by atoms with Crippen LogP contribution in [0.15, 0.2) is 11.6 Å². The van der Waals surface area contributed by atoms with E-state index in [-0.39, 0.29) is 5.54 Å². The predicted octanol–water partition coefficient (Wildman–Crippen LogP) is 2.22. The lowest BCUT2D eigenvalue weighted by atomic mass is 9.57. The first-order chi connectivity index (χ1) is 5.78. The number of hydrogen-bond acceptors (Lipinski definition) is 1. The van der Waals surface area contributed by atoms with Gasteiger partial charge in [-0.05, 0) is 43.9 Å². The summed E-state index contributed by atoms with van der Waals surface area (Å²) in [4.78, 5) is 0. The lowest BCUT2D eigenvalue weighted by Gasteiger charge is -2.51. The highest BCUT2D eigenvalue weighted by atomic mass is 14.8. The molecule has 0 aromatic carbocycles. The van der Waals surface area contributed by atoms with Crippen LogP contribution in [0.3, 0.4) is 0 Å². The average Bonchev–Trinajstić information content (AvgIpc) is 2.03. The van der Waals surface area contributed by atoms with Gasteiger partial charge in [0.2, 0.25) is 0 Å². The van der Waals surface area contributed by atoms with Crippen LogP contribution in [0, 0.1) is 11.8 Å². The Balaban J connectivity index is 2.06. The Kier molecular flexibility index (Phi) is 1.27. The second kappa shape index (κ2) is 2.14. The first-order valence-corrected chi connectivity index (χ1v) is 5.27. The zero-order valence-electron chi connectivity index (χ0n) is 7.55. The highest BCUT2D eigenvalue weighted by Crippen LogP contribution is 2.52.